The van der Waals surface area contributed by atoms with Crippen LogP contribution < -0.4 is 15.2 Å². The molecule has 29 heavy (non-hydrogen) atoms. The van der Waals surface area contributed by atoms with Crippen LogP contribution in [-0.2, 0) is 21.4 Å². The lowest BCUT2D eigenvalue weighted by Gasteiger charge is -2.06. The van der Waals surface area contributed by atoms with Gasteiger partial charge in [-0.05, 0) is 53.6 Å². The van der Waals surface area contributed by atoms with Crippen LogP contribution in [0.1, 0.15) is 11.1 Å². The third-order valence-electron chi connectivity index (χ3n) is 4.01. The molecule has 0 unspecified atom stereocenters. The number of hydrogen-bond acceptors (Lipinski definition) is 4. The molecular formula is C22H20N2O4S. The predicted molar refractivity (Wildman–Crippen MR) is 113 cm³/mol. The molecule has 0 aliphatic carbocycles. The largest absolute Gasteiger partial charge is 0.489 e. The van der Waals surface area contributed by atoms with Crippen LogP contribution >= 0.6 is 0 Å². The highest BCUT2D eigenvalue weighted by atomic mass is 32.2. The van der Waals surface area contributed by atoms with Crippen molar-refractivity contribution in [2.75, 3.05) is 5.32 Å². The quantitative estimate of drug-likeness (QED) is 0.584. The van der Waals surface area contributed by atoms with Gasteiger partial charge < -0.3 is 10.1 Å². The number of anilines is 1. The van der Waals surface area contributed by atoms with Crippen molar-refractivity contribution in [1.82, 2.24) is 0 Å². The Labute approximate surface area is 169 Å². The number of ether oxygens (including phenoxy) is 1. The van der Waals surface area contributed by atoms with Crippen molar-refractivity contribution in [3.8, 4) is 5.75 Å². The highest BCUT2D eigenvalue weighted by Gasteiger charge is 2.07. The number of hydrogen-bond donors (Lipinski definition) is 2. The van der Waals surface area contributed by atoms with Crippen molar-refractivity contribution < 1.29 is 17.9 Å². The van der Waals surface area contributed by atoms with Gasteiger partial charge in [-0.15, -0.1) is 0 Å². The van der Waals surface area contributed by atoms with E-state index in [1.807, 2.05) is 54.6 Å². The zero-order valence-corrected chi connectivity index (χ0v) is 16.3. The Morgan fingerprint density at radius 1 is 0.931 bits per heavy atom. The van der Waals surface area contributed by atoms with Crippen LogP contribution in [0, 0.1) is 0 Å². The lowest BCUT2D eigenvalue weighted by Crippen LogP contribution is -2.12. The number of amides is 1. The standard InChI is InChI=1S/C22H20N2O4S/c23-29(26,27)21-13-9-19(10-14-21)24-22(25)15-8-17-6-11-20(12-7-17)28-16-18-4-2-1-3-5-18/h1-15H,16H2,(H,24,25)(H2,23,26,27)/b15-8+. The minimum atomic E-state index is -3.75. The number of carbonyl (C=O) groups excluding carboxylic acids is 1. The summed E-state index contributed by atoms with van der Waals surface area (Å²) in [6, 6.07) is 22.9. The summed E-state index contributed by atoms with van der Waals surface area (Å²) in [5.41, 5.74) is 2.40. The van der Waals surface area contributed by atoms with E-state index in [2.05, 4.69) is 5.32 Å². The molecule has 0 saturated heterocycles. The molecule has 148 valence electrons. The third kappa shape index (κ3) is 6.31. The molecule has 3 aromatic rings. The number of nitrogens with one attached hydrogen (secondary N) is 1. The van der Waals surface area contributed by atoms with E-state index in [1.54, 1.807) is 6.08 Å². The molecule has 0 saturated carbocycles. The van der Waals surface area contributed by atoms with Gasteiger partial charge in [0.2, 0.25) is 15.9 Å². The molecule has 0 bridgehead atoms. The summed E-state index contributed by atoms with van der Waals surface area (Å²) < 4.78 is 28.2. The fourth-order valence-corrected chi connectivity index (χ4v) is 3.02. The number of rotatable bonds is 7. The SMILES string of the molecule is NS(=O)(=O)c1ccc(NC(=O)/C=C/c2ccc(OCc3ccccc3)cc2)cc1. The Morgan fingerprint density at radius 2 is 1.59 bits per heavy atom. The van der Waals surface area contributed by atoms with Gasteiger partial charge in [0.1, 0.15) is 12.4 Å². The Hall–Kier alpha value is -3.42. The van der Waals surface area contributed by atoms with Crippen LogP contribution in [0.5, 0.6) is 5.75 Å². The molecule has 0 heterocycles. The second-order valence-corrected chi connectivity index (χ2v) is 7.80. The van der Waals surface area contributed by atoms with Crippen LogP contribution in [0.4, 0.5) is 5.69 Å². The van der Waals surface area contributed by atoms with E-state index in [0.29, 0.717) is 12.3 Å². The lowest BCUT2D eigenvalue weighted by atomic mass is 10.2. The molecule has 0 fully saturated rings. The van der Waals surface area contributed by atoms with Gasteiger partial charge in [-0.1, -0.05) is 42.5 Å². The smallest absolute Gasteiger partial charge is 0.248 e. The van der Waals surface area contributed by atoms with E-state index in [0.717, 1.165) is 16.9 Å². The van der Waals surface area contributed by atoms with E-state index < -0.39 is 10.0 Å². The normalized spacial score (nSPS) is 11.3. The van der Waals surface area contributed by atoms with E-state index in [4.69, 9.17) is 9.88 Å². The van der Waals surface area contributed by atoms with Gasteiger partial charge in [-0.3, -0.25) is 4.79 Å². The minimum absolute atomic E-state index is 0.0133. The van der Waals surface area contributed by atoms with Gasteiger partial charge in [0.15, 0.2) is 0 Å². The van der Waals surface area contributed by atoms with Gasteiger partial charge in [-0.2, -0.15) is 0 Å². The molecule has 3 N–H and O–H groups in total. The highest BCUT2D eigenvalue weighted by molar-refractivity contribution is 7.89. The average Bonchev–Trinajstić information content (AvgIpc) is 2.72. The summed E-state index contributed by atoms with van der Waals surface area (Å²) in [5.74, 6) is 0.406. The highest BCUT2D eigenvalue weighted by Crippen LogP contribution is 2.16. The Morgan fingerprint density at radius 3 is 2.21 bits per heavy atom. The van der Waals surface area contributed by atoms with Crippen molar-refractivity contribution in [3.63, 3.8) is 0 Å². The maximum Gasteiger partial charge on any atom is 0.248 e. The number of primary sulfonamides is 1. The Bertz CT molecular complexity index is 1090. The van der Waals surface area contributed by atoms with Crippen molar-refractivity contribution in [3.05, 3.63) is 96.1 Å². The van der Waals surface area contributed by atoms with Gasteiger partial charge in [-0.25, -0.2) is 13.6 Å². The van der Waals surface area contributed by atoms with Crippen LogP contribution in [0.15, 0.2) is 89.8 Å². The second kappa shape index (κ2) is 9.18. The van der Waals surface area contributed by atoms with Crippen molar-refractivity contribution in [2.45, 2.75) is 11.5 Å². The van der Waals surface area contributed by atoms with Gasteiger partial charge >= 0.3 is 0 Å². The predicted octanol–water partition coefficient (Wildman–Crippen LogP) is 3.56. The Balaban J connectivity index is 1.53. The minimum Gasteiger partial charge on any atom is -0.489 e. The first-order valence-electron chi connectivity index (χ1n) is 8.79. The molecule has 0 atom stereocenters. The maximum atomic E-state index is 12.0. The first-order chi connectivity index (χ1) is 13.9. The molecule has 3 rings (SSSR count). The van der Waals surface area contributed by atoms with Crippen LogP contribution in [0.3, 0.4) is 0 Å². The number of nitrogens with two attached hydrogens (primary N) is 1. The topological polar surface area (TPSA) is 98.5 Å². The summed E-state index contributed by atoms with van der Waals surface area (Å²) in [5, 5.41) is 7.70. The molecule has 0 aliphatic heterocycles. The van der Waals surface area contributed by atoms with E-state index >= 15 is 0 Å². The molecule has 0 aliphatic rings. The molecule has 6 nitrogen and oxygen atoms in total. The number of sulfonamides is 1. The molecule has 3 aromatic carbocycles. The van der Waals surface area contributed by atoms with Gasteiger partial charge in [0, 0.05) is 11.8 Å². The van der Waals surface area contributed by atoms with E-state index in [9.17, 15) is 13.2 Å². The Kier molecular flexibility index (Phi) is 6.43. The molecule has 0 aromatic heterocycles. The zero-order valence-electron chi connectivity index (χ0n) is 15.5. The third-order valence-corrected chi connectivity index (χ3v) is 4.94. The van der Waals surface area contributed by atoms with Crippen molar-refractivity contribution >= 4 is 27.7 Å². The molecule has 0 radical (unpaired) electrons. The van der Waals surface area contributed by atoms with Crippen molar-refractivity contribution in [2.24, 2.45) is 5.14 Å². The van der Waals surface area contributed by atoms with E-state index in [1.165, 1.54) is 30.3 Å². The summed E-state index contributed by atoms with van der Waals surface area (Å²) in [6.45, 7) is 0.489. The summed E-state index contributed by atoms with van der Waals surface area (Å²) in [7, 11) is -3.75. The summed E-state index contributed by atoms with van der Waals surface area (Å²) in [6.07, 6.45) is 3.07. The number of carbonyl (C=O) groups is 1. The number of benzene rings is 3. The van der Waals surface area contributed by atoms with E-state index in [-0.39, 0.29) is 10.8 Å². The van der Waals surface area contributed by atoms with Crippen LogP contribution in [-0.4, -0.2) is 14.3 Å². The maximum absolute atomic E-state index is 12.0. The average molecular weight is 408 g/mol. The summed E-state index contributed by atoms with van der Waals surface area (Å²) >= 11 is 0. The van der Waals surface area contributed by atoms with Gasteiger partial charge in [0.25, 0.3) is 0 Å². The lowest BCUT2D eigenvalue weighted by molar-refractivity contribution is -0.111. The summed E-state index contributed by atoms with van der Waals surface area (Å²) in [4.78, 5) is 12.0. The first kappa shape index (κ1) is 20.3. The fourth-order valence-electron chi connectivity index (χ4n) is 2.50. The van der Waals surface area contributed by atoms with Gasteiger partial charge in [0.05, 0.1) is 4.90 Å². The van der Waals surface area contributed by atoms with Crippen LogP contribution in [0.25, 0.3) is 6.08 Å². The van der Waals surface area contributed by atoms with Crippen LogP contribution in [0.2, 0.25) is 0 Å². The molecule has 7 heteroatoms. The molecule has 1 amide bonds. The monoisotopic (exact) mass is 408 g/mol. The van der Waals surface area contributed by atoms with Crippen molar-refractivity contribution in [1.29, 1.82) is 0 Å². The molecule has 0 spiro atoms. The zero-order chi connectivity index (χ0) is 20.7. The fraction of sp³-hybridized carbons (Fsp3) is 0.0455. The first-order valence-corrected chi connectivity index (χ1v) is 10.3. The second-order valence-electron chi connectivity index (χ2n) is 6.24. The molecular weight excluding hydrogens is 388 g/mol.